The van der Waals surface area contributed by atoms with Crippen molar-refractivity contribution >= 4 is 17.6 Å². The normalized spacial score (nSPS) is 23.2. The number of rotatable bonds is 5. The molecule has 1 fully saturated rings. The van der Waals surface area contributed by atoms with Crippen LogP contribution in [-0.4, -0.2) is 17.6 Å². The largest absolute Gasteiger partial charge is 0.481 e. The van der Waals surface area contributed by atoms with Gasteiger partial charge in [0, 0.05) is 11.6 Å². The third kappa shape index (κ3) is 3.47. The lowest BCUT2D eigenvalue weighted by Crippen LogP contribution is -2.28. The van der Waals surface area contributed by atoms with Crippen molar-refractivity contribution in [2.45, 2.75) is 25.8 Å². The fourth-order valence-corrected chi connectivity index (χ4v) is 2.87. The summed E-state index contributed by atoms with van der Waals surface area (Å²) in [6.07, 6.45) is 2.86. The summed E-state index contributed by atoms with van der Waals surface area (Å²) in [5.74, 6) is -0.555. The number of halogens is 1. The van der Waals surface area contributed by atoms with Crippen LogP contribution in [0.2, 0.25) is 5.02 Å². The number of nitrogens with one attached hydrogen (secondary N) is 1. The molecular weight excluding hydrogens is 250 g/mol. The van der Waals surface area contributed by atoms with Crippen molar-refractivity contribution < 1.29 is 9.90 Å². The molecule has 0 spiro atoms. The molecule has 98 valence electrons. The summed E-state index contributed by atoms with van der Waals surface area (Å²) in [4.78, 5) is 11.0. The van der Waals surface area contributed by atoms with Gasteiger partial charge in [0.05, 0.1) is 5.92 Å². The Morgan fingerprint density at radius 2 is 2.28 bits per heavy atom. The van der Waals surface area contributed by atoms with Crippen LogP contribution in [0.5, 0.6) is 0 Å². The number of carboxylic acids is 1. The Balaban J connectivity index is 1.80. The lowest BCUT2D eigenvalue weighted by atomic mass is 9.96. The molecule has 18 heavy (non-hydrogen) atoms. The first kappa shape index (κ1) is 13.4. The van der Waals surface area contributed by atoms with Gasteiger partial charge in [-0.15, -0.1) is 0 Å². The highest BCUT2D eigenvalue weighted by Gasteiger charge is 2.32. The maximum atomic E-state index is 11.0. The average molecular weight is 268 g/mol. The third-order valence-corrected chi connectivity index (χ3v) is 3.84. The van der Waals surface area contributed by atoms with Gasteiger partial charge in [0.25, 0.3) is 0 Å². The summed E-state index contributed by atoms with van der Waals surface area (Å²) in [5.41, 5.74) is 1.13. The van der Waals surface area contributed by atoms with Gasteiger partial charge in [0.1, 0.15) is 0 Å². The zero-order chi connectivity index (χ0) is 13.0. The predicted molar refractivity (Wildman–Crippen MR) is 71.6 cm³/mol. The van der Waals surface area contributed by atoms with E-state index in [4.69, 9.17) is 16.7 Å². The van der Waals surface area contributed by atoms with E-state index in [0.29, 0.717) is 0 Å². The molecule has 1 aliphatic carbocycles. The van der Waals surface area contributed by atoms with Gasteiger partial charge < -0.3 is 10.4 Å². The first-order chi connectivity index (χ1) is 8.66. The van der Waals surface area contributed by atoms with Crippen LogP contribution >= 0.6 is 11.6 Å². The quantitative estimate of drug-likeness (QED) is 0.862. The maximum Gasteiger partial charge on any atom is 0.306 e. The van der Waals surface area contributed by atoms with Crippen LogP contribution in [0.15, 0.2) is 24.3 Å². The number of hydrogen-bond acceptors (Lipinski definition) is 2. The summed E-state index contributed by atoms with van der Waals surface area (Å²) in [6, 6.07) is 7.72. The minimum atomic E-state index is -0.651. The van der Waals surface area contributed by atoms with Crippen LogP contribution in [0.4, 0.5) is 0 Å². The molecule has 2 rings (SSSR count). The van der Waals surface area contributed by atoms with E-state index in [0.717, 1.165) is 42.9 Å². The highest BCUT2D eigenvalue weighted by Crippen LogP contribution is 2.31. The molecule has 0 saturated heterocycles. The molecule has 2 N–H and O–H groups in total. The van der Waals surface area contributed by atoms with Crippen molar-refractivity contribution in [3.8, 4) is 0 Å². The third-order valence-electron chi connectivity index (χ3n) is 3.60. The second-order valence-corrected chi connectivity index (χ2v) is 5.33. The van der Waals surface area contributed by atoms with Gasteiger partial charge in [-0.2, -0.15) is 0 Å². The summed E-state index contributed by atoms with van der Waals surface area (Å²) in [7, 11) is 0. The SMILES string of the molecule is O=C(O)C1CCCC1CNCc1cccc(Cl)c1. The molecule has 3 nitrogen and oxygen atoms in total. The highest BCUT2D eigenvalue weighted by atomic mass is 35.5. The molecule has 0 amide bonds. The zero-order valence-corrected chi connectivity index (χ0v) is 11.0. The molecule has 2 atom stereocenters. The average Bonchev–Trinajstić information content (AvgIpc) is 2.77. The molecule has 0 radical (unpaired) electrons. The number of aliphatic carboxylic acids is 1. The number of hydrogen-bond donors (Lipinski definition) is 2. The fraction of sp³-hybridized carbons (Fsp3) is 0.500. The Kier molecular flexibility index (Phi) is 4.61. The van der Waals surface area contributed by atoms with Crippen molar-refractivity contribution in [2.24, 2.45) is 11.8 Å². The van der Waals surface area contributed by atoms with Gasteiger partial charge >= 0.3 is 5.97 Å². The van der Waals surface area contributed by atoms with Crippen LogP contribution in [0.3, 0.4) is 0 Å². The smallest absolute Gasteiger partial charge is 0.306 e. The Bertz CT molecular complexity index is 422. The second kappa shape index (κ2) is 6.21. The van der Waals surface area contributed by atoms with Gasteiger partial charge in [-0.1, -0.05) is 30.2 Å². The number of benzene rings is 1. The van der Waals surface area contributed by atoms with Crippen LogP contribution < -0.4 is 5.32 Å². The first-order valence-electron chi connectivity index (χ1n) is 6.35. The Morgan fingerprint density at radius 1 is 1.44 bits per heavy atom. The lowest BCUT2D eigenvalue weighted by Gasteiger charge is -2.16. The van der Waals surface area contributed by atoms with Crippen molar-refractivity contribution in [2.75, 3.05) is 6.54 Å². The number of carbonyl (C=O) groups is 1. The molecule has 4 heteroatoms. The van der Waals surface area contributed by atoms with Crippen LogP contribution in [0.1, 0.15) is 24.8 Å². The first-order valence-corrected chi connectivity index (χ1v) is 6.72. The van der Waals surface area contributed by atoms with Crippen molar-refractivity contribution in [3.05, 3.63) is 34.9 Å². The van der Waals surface area contributed by atoms with E-state index < -0.39 is 5.97 Å². The highest BCUT2D eigenvalue weighted by molar-refractivity contribution is 6.30. The minimum Gasteiger partial charge on any atom is -0.481 e. The van der Waals surface area contributed by atoms with Gasteiger partial charge in [-0.25, -0.2) is 0 Å². The van der Waals surface area contributed by atoms with Crippen LogP contribution in [-0.2, 0) is 11.3 Å². The minimum absolute atomic E-state index is 0.170. The summed E-state index contributed by atoms with van der Waals surface area (Å²) in [5, 5.41) is 13.2. The summed E-state index contributed by atoms with van der Waals surface area (Å²) < 4.78 is 0. The van der Waals surface area contributed by atoms with E-state index in [1.165, 1.54) is 0 Å². The standard InChI is InChI=1S/C14H18ClNO2/c15-12-5-1-3-10(7-12)8-16-9-11-4-2-6-13(11)14(17)18/h1,3,5,7,11,13,16H,2,4,6,8-9H2,(H,17,18). The monoisotopic (exact) mass is 267 g/mol. The fourth-order valence-electron chi connectivity index (χ4n) is 2.66. The molecule has 0 bridgehead atoms. The zero-order valence-electron chi connectivity index (χ0n) is 10.2. The molecule has 1 aromatic rings. The van der Waals surface area contributed by atoms with Gasteiger partial charge in [0.2, 0.25) is 0 Å². The maximum absolute atomic E-state index is 11.0. The predicted octanol–water partition coefficient (Wildman–Crippen LogP) is 2.93. The Labute approximate surface area is 112 Å². The molecular formula is C14H18ClNO2. The van der Waals surface area contributed by atoms with E-state index in [9.17, 15) is 4.79 Å². The molecule has 1 saturated carbocycles. The Hall–Kier alpha value is -1.06. The van der Waals surface area contributed by atoms with Crippen molar-refractivity contribution in [1.29, 1.82) is 0 Å². The Morgan fingerprint density at radius 3 is 3.00 bits per heavy atom. The molecule has 0 heterocycles. The van der Waals surface area contributed by atoms with E-state index in [1.807, 2.05) is 24.3 Å². The molecule has 0 aliphatic heterocycles. The molecule has 2 unspecified atom stereocenters. The van der Waals surface area contributed by atoms with E-state index >= 15 is 0 Å². The second-order valence-electron chi connectivity index (χ2n) is 4.90. The van der Waals surface area contributed by atoms with Gasteiger partial charge in [-0.3, -0.25) is 4.79 Å². The molecule has 1 aliphatic rings. The van der Waals surface area contributed by atoms with Crippen LogP contribution in [0, 0.1) is 11.8 Å². The summed E-state index contributed by atoms with van der Waals surface area (Å²) in [6.45, 7) is 1.51. The van der Waals surface area contributed by atoms with E-state index in [2.05, 4.69) is 5.32 Å². The topological polar surface area (TPSA) is 49.3 Å². The van der Waals surface area contributed by atoms with Gasteiger partial charge in [0.15, 0.2) is 0 Å². The van der Waals surface area contributed by atoms with Crippen molar-refractivity contribution in [1.82, 2.24) is 5.32 Å². The van der Waals surface area contributed by atoms with Crippen molar-refractivity contribution in [3.63, 3.8) is 0 Å². The van der Waals surface area contributed by atoms with Gasteiger partial charge in [-0.05, 0) is 43.0 Å². The van der Waals surface area contributed by atoms with E-state index in [-0.39, 0.29) is 11.8 Å². The lowest BCUT2D eigenvalue weighted by molar-refractivity contribution is -0.142. The molecule has 0 aromatic heterocycles. The molecule has 1 aromatic carbocycles. The summed E-state index contributed by atoms with van der Waals surface area (Å²) >= 11 is 5.91. The number of carboxylic acid groups (broad SMARTS) is 1. The van der Waals surface area contributed by atoms with Crippen LogP contribution in [0.25, 0.3) is 0 Å². The van der Waals surface area contributed by atoms with E-state index in [1.54, 1.807) is 0 Å².